The topological polar surface area (TPSA) is 107 Å². The molecule has 0 aromatic heterocycles. The summed E-state index contributed by atoms with van der Waals surface area (Å²) >= 11 is 0. The van der Waals surface area contributed by atoms with Crippen molar-refractivity contribution in [2.45, 2.75) is 18.3 Å². The van der Waals surface area contributed by atoms with Gasteiger partial charge in [0.25, 0.3) is 0 Å². The van der Waals surface area contributed by atoms with Crippen molar-refractivity contribution >= 4 is 23.5 Å². The number of ether oxygens (including phenoxy) is 1. The minimum atomic E-state index is -0.746. The lowest BCUT2D eigenvalue weighted by atomic mass is 9.55. The molecule has 1 fully saturated rings. The molecule has 3 aromatic rings. The number of carbonyl (C=O) groups excluding carboxylic acids is 3. The summed E-state index contributed by atoms with van der Waals surface area (Å²) in [6, 6.07) is 21.5. The first-order chi connectivity index (χ1) is 17.0. The van der Waals surface area contributed by atoms with Gasteiger partial charge in [-0.25, -0.2) is 0 Å². The Kier molecular flexibility index (Phi) is 4.77. The first-order valence-electron chi connectivity index (χ1n) is 11.4. The quantitative estimate of drug-likeness (QED) is 0.185. The molecule has 4 aliphatic rings. The number of hydrogen-bond donors (Lipinski definition) is 0. The Morgan fingerprint density at radius 1 is 0.800 bits per heavy atom. The van der Waals surface area contributed by atoms with Crippen LogP contribution in [0.1, 0.15) is 40.5 Å². The maximum atomic E-state index is 13.5. The maximum absolute atomic E-state index is 13.5. The number of nitrogens with zero attached hydrogens (tertiary/aromatic N) is 2. The molecule has 0 radical (unpaired) electrons. The Morgan fingerprint density at radius 2 is 1.26 bits per heavy atom. The molecule has 2 atom stereocenters. The average Bonchev–Trinajstić information content (AvgIpc) is 3.13. The number of nitro benzene ring substituents is 1. The Bertz CT molecular complexity index is 1300. The first-order valence-corrected chi connectivity index (χ1v) is 11.4. The summed E-state index contributed by atoms with van der Waals surface area (Å²) in [5.74, 6) is -2.92. The summed E-state index contributed by atoms with van der Waals surface area (Å²) in [6.45, 7) is -0.129. The highest BCUT2D eigenvalue weighted by atomic mass is 16.6. The largest absolute Gasteiger partial charge is 0.419 e. The third-order valence-corrected chi connectivity index (χ3v) is 7.37. The van der Waals surface area contributed by atoms with E-state index in [1.807, 2.05) is 48.5 Å². The first kappa shape index (κ1) is 21.2. The highest BCUT2D eigenvalue weighted by molar-refractivity contribution is 6.07. The van der Waals surface area contributed by atoms with Gasteiger partial charge in [-0.2, -0.15) is 0 Å². The monoisotopic (exact) mass is 468 g/mol. The van der Waals surface area contributed by atoms with Crippen LogP contribution in [-0.2, 0) is 14.4 Å². The molecule has 1 aliphatic heterocycles. The van der Waals surface area contributed by atoms with Crippen molar-refractivity contribution in [2.75, 3.05) is 6.54 Å². The predicted octanol–water partition coefficient (Wildman–Crippen LogP) is 3.78. The number of likely N-dealkylation sites (tertiary alicyclic amines) is 1. The van der Waals surface area contributed by atoms with Crippen LogP contribution >= 0.6 is 0 Å². The normalized spacial score (nSPS) is 23.5. The second-order valence-electron chi connectivity index (χ2n) is 9.04. The summed E-state index contributed by atoms with van der Waals surface area (Å²) in [7, 11) is 0. The lowest BCUT2D eigenvalue weighted by Crippen LogP contribution is -2.41. The molecular formula is C27H20N2O6. The summed E-state index contributed by atoms with van der Waals surface area (Å²) in [6.07, 6.45) is -0.252. The number of carbonyl (C=O) groups is 3. The minimum Gasteiger partial charge on any atom is -0.419 e. The van der Waals surface area contributed by atoms with Crippen LogP contribution in [0.2, 0.25) is 0 Å². The number of amides is 2. The fourth-order valence-corrected chi connectivity index (χ4v) is 6.03. The average molecular weight is 468 g/mol. The van der Waals surface area contributed by atoms with Crippen molar-refractivity contribution in [3.05, 3.63) is 105 Å². The Balaban J connectivity index is 1.26. The van der Waals surface area contributed by atoms with Crippen LogP contribution in [0.15, 0.2) is 72.8 Å². The van der Waals surface area contributed by atoms with Crippen LogP contribution in [-0.4, -0.2) is 34.2 Å². The molecule has 35 heavy (non-hydrogen) atoms. The van der Waals surface area contributed by atoms with Crippen molar-refractivity contribution in [1.29, 1.82) is 0 Å². The number of para-hydroxylation sites is 2. The molecule has 2 unspecified atom stereocenters. The van der Waals surface area contributed by atoms with E-state index < -0.39 is 22.7 Å². The van der Waals surface area contributed by atoms with Crippen molar-refractivity contribution in [3.8, 4) is 5.75 Å². The minimum absolute atomic E-state index is 0.129. The van der Waals surface area contributed by atoms with Crippen LogP contribution in [0.25, 0.3) is 0 Å². The lowest BCUT2D eigenvalue weighted by molar-refractivity contribution is -0.385. The molecule has 1 saturated heterocycles. The van der Waals surface area contributed by atoms with Gasteiger partial charge < -0.3 is 4.74 Å². The van der Waals surface area contributed by atoms with Gasteiger partial charge in [-0.05, 0) is 28.3 Å². The summed E-state index contributed by atoms with van der Waals surface area (Å²) in [4.78, 5) is 51.3. The van der Waals surface area contributed by atoms with Crippen LogP contribution < -0.4 is 4.74 Å². The smallest absolute Gasteiger partial charge is 0.313 e. The molecule has 2 amide bonds. The predicted molar refractivity (Wildman–Crippen MR) is 124 cm³/mol. The third-order valence-electron chi connectivity index (χ3n) is 7.37. The number of benzene rings is 3. The molecule has 3 aliphatic carbocycles. The molecule has 2 bridgehead atoms. The SMILES string of the molecule is O=C(CCN1C(=O)C2C3c4ccccc4C(c4ccccc43)C2C1=O)Oc1ccccc1[N+](=O)[O-]. The van der Waals surface area contributed by atoms with Crippen LogP contribution in [0.4, 0.5) is 5.69 Å². The van der Waals surface area contributed by atoms with E-state index in [0.717, 1.165) is 22.3 Å². The van der Waals surface area contributed by atoms with Gasteiger partial charge in [-0.3, -0.25) is 29.4 Å². The zero-order valence-electron chi connectivity index (χ0n) is 18.5. The third kappa shape index (κ3) is 3.10. The maximum Gasteiger partial charge on any atom is 0.313 e. The molecule has 174 valence electrons. The van der Waals surface area contributed by atoms with Crippen LogP contribution in [0, 0.1) is 22.0 Å². The zero-order valence-corrected chi connectivity index (χ0v) is 18.5. The van der Waals surface area contributed by atoms with Crippen molar-refractivity contribution in [3.63, 3.8) is 0 Å². The summed E-state index contributed by atoms with van der Waals surface area (Å²) < 4.78 is 5.18. The van der Waals surface area contributed by atoms with E-state index in [0.29, 0.717) is 0 Å². The molecule has 1 heterocycles. The van der Waals surface area contributed by atoms with E-state index in [2.05, 4.69) is 0 Å². The van der Waals surface area contributed by atoms with E-state index >= 15 is 0 Å². The highest BCUT2D eigenvalue weighted by Crippen LogP contribution is 2.60. The standard InChI is InChI=1S/C27H20N2O6/c30-21(35-20-12-6-5-11-19(20)29(33)34)13-14-28-26(31)24-22-15-7-1-2-8-16(15)23(25(24)27(28)32)18-10-4-3-9-17(18)22/h1-12,22-25H,13-14H2. The van der Waals surface area contributed by atoms with E-state index in [1.54, 1.807) is 0 Å². The zero-order chi connectivity index (χ0) is 24.3. The van der Waals surface area contributed by atoms with Gasteiger partial charge in [0.1, 0.15) is 0 Å². The van der Waals surface area contributed by atoms with Gasteiger partial charge in [0.15, 0.2) is 0 Å². The number of esters is 1. The molecule has 0 N–H and O–H groups in total. The molecule has 3 aromatic carbocycles. The number of hydrogen-bond acceptors (Lipinski definition) is 6. The fourth-order valence-electron chi connectivity index (χ4n) is 6.03. The highest BCUT2D eigenvalue weighted by Gasteiger charge is 2.61. The second kappa shape index (κ2) is 7.87. The molecule has 0 saturated carbocycles. The fraction of sp³-hybridized carbons (Fsp3) is 0.222. The van der Waals surface area contributed by atoms with Gasteiger partial charge in [-0.15, -0.1) is 0 Å². The van der Waals surface area contributed by atoms with Gasteiger partial charge in [-0.1, -0.05) is 60.7 Å². The Hall–Kier alpha value is -4.33. The van der Waals surface area contributed by atoms with E-state index in [9.17, 15) is 24.5 Å². The van der Waals surface area contributed by atoms with Crippen LogP contribution in [0.5, 0.6) is 5.75 Å². The molecule has 7 rings (SSSR count). The van der Waals surface area contributed by atoms with Crippen molar-refractivity contribution in [2.24, 2.45) is 11.8 Å². The molecule has 0 spiro atoms. The van der Waals surface area contributed by atoms with Gasteiger partial charge in [0.05, 0.1) is 23.2 Å². The van der Waals surface area contributed by atoms with Gasteiger partial charge >= 0.3 is 11.7 Å². The van der Waals surface area contributed by atoms with Crippen molar-refractivity contribution in [1.82, 2.24) is 4.90 Å². The van der Waals surface area contributed by atoms with E-state index in [1.165, 1.54) is 29.2 Å². The molecule has 8 heteroatoms. The summed E-state index contributed by atoms with van der Waals surface area (Å²) in [5, 5.41) is 11.2. The Labute approximate surface area is 200 Å². The summed E-state index contributed by atoms with van der Waals surface area (Å²) in [5.41, 5.74) is 3.99. The van der Waals surface area contributed by atoms with E-state index in [-0.39, 0.29) is 48.1 Å². The van der Waals surface area contributed by atoms with Gasteiger partial charge in [0, 0.05) is 24.4 Å². The lowest BCUT2D eigenvalue weighted by Gasteiger charge is -2.45. The van der Waals surface area contributed by atoms with Crippen LogP contribution in [0.3, 0.4) is 0 Å². The molecule has 8 nitrogen and oxygen atoms in total. The van der Waals surface area contributed by atoms with Crippen molar-refractivity contribution < 1.29 is 24.0 Å². The number of rotatable bonds is 5. The number of imide groups is 1. The van der Waals surface area contributed by atoms with E-state index in [4.69, 9.17) is 4.74 Å². The molecular weight excluding hydrogens is 448 g/mol. The number of nitro groups is 1. The second-order valence-corrected chi connectivity index (χ2v) is 9.04. The Morgan fingerprint density at radius 3 is 1.74 bits per heavy atom. The van der Waals surface area contributed by atoms with Gasteiger partial charge in [0.2, 0.25) is 17.6 Å².